The molecule has 0 fully saturated rings. The Morgan fingerprint density at radius 2 is 1.78 bits per heavy atom. The predicted octanol–water partition coefficient (Wildman–Crippen LogP) is 3.14. The zero-order valence-electron chi connectivity index (χ0n) is 9.47. The van der Waals surface area contributed by atoms with Crippen LogP contribution in [0.15, 0.2) is 58.5 Å². The number of aliphatic imine (C=N–C) groups is 2. The number of nitrogens with two attached hydrogens (primary N) is 1. The molecule has 3 rings (SSSR count). The third-order valence-electron chi connectivity index (χ3n) is 2.71. The number of halogens is 1. The second-order valence-corrected chi connectivity index (χ2v) is 4.39. The van der Waals surface area contributed by atoms with Gasteiger partial charge in [0.25, 0.3) is 0 Å². The van der Waals surface area contributed by atoms with Gasteiger partial charge in [0, 0.05) is 16.1 Å². The van der Waals surface area contributed by atoms with E-state index in [0.717, 1.165) is 16.8 Å². The molecule has 0 saturated carbocycles. The van der Waals surface area contributed by atoms with Crippen molar-refractivity contribution in [1.29, 1.82) is 0 Å². The lowest BCUT2D eigenvalue weighted by atomic mass is 10.1. The molecule has 2 aromatic rings. The van der Waals surface area contributed by atoms with E-state index >= 15 is 0 Å². The van der Waals surface area contributed by atoms with E-state index in [9.17, 15) is 0 Å². The van der Waals surface area contributed by atoms with Crippen LogP contribution in [0.5, 0.6) is 0 Å². The van der Waals surface area contributed by atoms with Gasteiger partial charge < -0.3 is 5.73 Å². The molecule has 3 nitrogen and oxygen atoms in total. The van der Waals surface area contributed by atoms with E-state index in [1.54, 1.807) is 6.07 Å². The van der Waals surface area contributed by atoms with Crippen molar-refractivity contribution in [2.75, 3.05) is 0 Å². The van der Waals surface area contributed by atoms with Crippen molar-refractivity contribution in [1.82, 2.24) is 0 Å². The summed E-state index contributed by atoms with van der Waals surface area (Å²) in [4.78, 5) is 8.76. The van der Waals surface area contributed by atoms with Crippen molar-refractivity contribution in [2.45, 2.75) is 0 Å². The second-order valence-electron chi connectivity index (χ2n) is 3.96. The van der Waals surface area contributed by atoms with Crippen LogP contribution in [0.25, 0.3) is 0 Å². The lowest BCUT2D eigenvalue weighted by Gasteiger charge is -1.99. The Balaban J connectivity index is 2.10. The molecule has 0 aliphatic carbocycles. The normalized spacial score (nSPS) is 15.6. The quantitative estimate of drug-likeness (QED) is 0.836. The third kappa shape index (κ3) is 1.89. The average molecular weight is 256 g/mol. The molecule has 1 aliphatic heterocycles. The fraction of sp³-hybridized carbons (Fsp3) is 0. The fourth-order valence-electron chi connectivity index (χ4n) is 1.89. The minimum Gasteiger partial charge on any atom is -0.383 e. The van der Waals surface area contributed by atoms with Crippen LogP contribution in [0.1, 0.15) is 11.1 Å². The SMILES string of the molecule is NC1=NC(=Nc2cccc(Cl)c2)c2ccccc21. The summed E-state index contributed by atoms with van der Waals surface area (Å²) in [5.74, 6) is 1.14. The van der Waals surface area contributed by atoms with Crippen LogP contribution in [0.4, 0.5) is 5.69 Å². The van der Waals surface area contributed by atoms with Crippen LogP contribution in [-0.4, -0.2) is 11.7 Å². The van der Waals surface area contributed by atoms with Gasteiger partial charge in [-0.1, -0.05) is 41.9 Å². The van der Waals surface area contributed by atoms with Gasteiger partial charge >= 0.3 is 0 Å². The van der Waals surface area contributed by atoms with E-state index in [4.69, 9.17) is 17.3 Å². The van der Waals surface area contributed by atoms with E-state index in [-0.39, 0.29) is 0 Å². The molecule has 0 bridgehead atoms. The van der Waals surface area contributed by atoms with E-state index < -0.39 is 0 Å². The van der Waals surface area contributed by atoms with Crippen molar-refractivity contribution >= 4 is 29.0 Å². The molecular weight excluding hydrogens is 246 g/mol. The van der Waals surface area contributed by atoms with Gasteiger partial charge in [-0.25, -0.2) is 9.98 Å². The summed E-state index contributed by atoms with van der Waals surface area (Å²) in [5.41, 5.74) is 8.52. The van der Waals surface area contributed by atoms with Crippen LogP contribution in [-0.2, 0) is 0 Å². The van der Waals surface area contributed by atoms with E-state index in [2.05, 4.69) is 9.98 Å². The molecule has 1 aliphatic rings. The van der Waals surface area contributed by atoms with Crippen LogP contribution in [0.3, 0.4) is 0 Å². The number of hydrogen-bond donors (Lipinski definition) is 1. The molecule has 18 heavy (non-hydrogen) atoms. The van der Waals surface area contributed by atoms with Crippen LogP contribution in [0, 0.1) is 0 Å². The van der Waals surface area contributed by atoms with Crippen LogP contribution in [0.2, 0.25) is 5.02 Å². The Morgan fingerprint density at radius 1 is 1.00 bits per heavy atom. The highest BCUT2D eigenvalue weighted by Gasteiger charge is 2.18. The topological polar surface area (TPSA) is 50.7 Å². The molecule has 2 N–H and O–H groups in total. The van der Waals surface area contributed by atoms with Crippen molar-refractivity contribution in [3.63, 3.8) is 0 Å². The third-order valence-corrected chi connectivity index (χ3v) is 2.95. The molecule has 88 valence electrons. The van der Waals surface area contributed by atoms with Gasteiger partial charge in [-0.3, -0.25) is 0 Å². The number of hydrogen-bond acceptors (Lipinski definition) is 2. The first-order valence-electron chi connectivity index (χ1n) is 5.52. The van der Waals surface area contributed by atoms with Gasteiger partial charge in [-0.2, -0.15) is 0 Å². The van der Waals surface area contributed by atoms with Gasteiger partial charge in [0.1, 0.15) is 5.84 Å². The Labute approximate surface area is 110 Å². The van der Waals surface area contributed by atoms with E-state index in [1.165, 1.54) is 0 Å². The highest BCUT2D eigenvalue weighted by atomic mass is 35.5. The summed E-state index contributed by atoms with van der Waals surface area (Å²) in [6, 6.07) is 15.1. The number of amidine groups is 2. The number of rotatable bonds is 1. The summed E-state index contributed by atoms with van der Waals surface area (Å²) < 4.78 is 0. The van der Waals surface area contributed by atoms with Crippen LogP contribution >= 0.6 is 11.6 Å². The monoisotopic (exact) mass is 255 g/mol. The Kier molecular flexibility index (Phi) is 2.61. The summed E-state index contributed by atoms with van der Waals surface area (Å²) in [6.45, 7) is 0. The zero-order chi connectivity index (χ0) is 12.5. The highest BCUT2D eigenvalue weighted by molar-refractivity contribution is 6.30. The first kappa shape index (κ1) is 11.0. The van der Waals surface area contributed by atoms with Crippen LogP contribution < -0.4 is 5.73 Å². The zero-order valence-corrected chi connectivity index (χ0v) is 10.2. The summed E-state index contributed by atoms with van der Waals surface area (Å²) in [6.07, 6.45) is 0. The number of benzene rings is 2. The maximum atomic E-state index is 5.93. The number of nitrogens with zero attached hydrogens (tertiary/aromatic N) is 2. The Hall–Kier alpha value is -2.13. The molecule has 0 spiro atoms. The summed E-state index contributed by atoms with van der Waals surface area (Å²) in [5, 5.41) is 0.653. The molecule has 0 amide bonds. The molecular formula is C14H10ClN3. The standard InChI is InChI=1S/C14H10ClN3/c15-9-4-3-5-10(8-9)17-14-12-7-2-1-6-11(12)13(16)18-14/h1-8H,(H2,16,17,18). The van der Waals surface area contributed by atoms with Crippen molar-refractivity contribution in [2.24, 2.45) is 15.7 Å². The second kappa shape index (κ2) is 4.27. The average Bonchev–Trinajstić information content (AvgIpc) is 2.67. The molecule has 0 atom stereocenters. The first-order valence-corrected chi connectivity index (χ1v) is 5.90. The highest BCUT2D eigenvalue weighted by Crippen LogP contribution is 2.23. The molecule has 1 heterocycles. The van der Waals surface area contributed by atoms with E-state index in [1.807, 2.05) is 42.5 Å². The predicted molar refractivity (Wildman–Crippen MR) is 74.8 cm³/mol. The van der Waals surface area contributed by atoms with Gasteiger partial charge in [0.15, 0.2) is 5.84 Å². The minimum absolute atomic E-state index is 0.506. The molecule has 4 heteroatoms. The minimum atomic E-state index is 0.506. The fourth-order valence-corrected chi connectivity index (χ4v) is 2.07. The lowest BCUT2D eigenvalue weighted by Crippen LogP contribution is -2.09. The number of fused-ring (bicyclic) bond motifs is 1. The van der Waals surface area contributed by atoms with Crippen molar-refractivity contribution in [3.05, 3.63) is 64.7 Å². The first-order chi connectivity index (χ1) is 8.74. The van der Waals surface area contributed by atoms with Gasteiger partial charge in [0.2, 0.25) is 0 Å². The van der Waals surface area contributed by atoms with Gasteiger partial charge in [-0.05, 0) is 18.2 Å². The van der Waals surface area contributed by atoms with Crippen molar-refractivity contribution in [3.8, 4) is 0 Å². The summed E-state index contributed by atoms with van der Waals surface area (Å²) in [7, 11) is 0. The van der Waals surface area contributed by atoms with E-state index in [0.29, 0.717) is 16.7 Å². The lowest BCUT2D eigenvalue weighted by molar-refractivity contribution is 1.47. The Bertz CT molecular complexity index is 674. The summed E-state index contributed by atoms with van der Waals surface area (Å²) >= 11 is 5.93. The van der Waals surface area contributed by atoms with Gasteiger partial charge in [0.05, 0.1) is 5.69 Å². The molecule has 0 aromatic heterocycles. The maximum Gasteiger partial charge on any atom is 0.162 e. The molecule has 0 radical (unpaired) electrons. The molecule has 0 saturated heterocycles. The molecule has 2 aromatic carbocycles. The van der Waals surface area contributed by atoms with Crippen molar-refractivity contribution < 1.29 is 0 Å². The van der Waals surface area contributed by atoms with Gasteiger partial charge in [-0.15, -0.1) is 0 Å². The largest absolute Gasteiger partial charge is 0.383 e. The maximum absolute atomic E-state index is 5.93. The molecule has 0 unspecified atom stereocenters. The smallest absolute Gasteiger partial charge is 0.162 e. The Morgan fingerprint density at radius 3 is 2.56 bits per heavy atom.